The number of rotatable bonds is 2. The number of amides is 1. The molecule has 4 N–H and O–H groups in total. The van der Waals surface area contributed by atoms with E-state index in [1.807, 2.05) is 0 Å². The van der Waals surface area contributed by atoms with E-state index in [4.69, 9.17) is 17.4 Å². The number of benzene rings is 1. The summed E-state index contributed by atoms with van der Waals surface area (Å²) in [5.41, 5.74) is 0.0000600. The SMILES string of the molecule is CC(C)(C)C(=O)NC(=S)Nc1ccc(S(N)(=O)=O)cc1. The Labute approximate surface area is 123 Å². The van der Waals surface area contributed by atoms with E-state index in [1.54, 1.807) is 20.8 Å². The number of thiocarbonyl (C=S) groups is 1. The van der Waals surface area contributed by atoms with Crippen LogP contribution in [0.5, 0.6) is 0 Å². The molecule has 1 aromatic carbocycles. The van der Waals surface area contributed by atoms with Gasteiger partial charge in [0.1, 0.15) is 0 Å². The first kappa shape index (κ1) is 16.5. The standard InChI is InChI=1S/C12H17N3O3S2/c1-12(2,3)10(16)15-11(19)14-8-4-6-9(7-5-8)20(13,17)18/h4-7H,1-3H3,(H2,13,17,18)(H2,14,15,16,19). The Bertz CT molecular complexity index is 616. The lowest BCUT2D eigenvalue weighted by Gasteiger charge is -2.18. The summed E-state index contributed by atoms with van der Waals surface area (Å²) in [6, 6.07) is 5.72. The van der Waals surface area contributed by atoms with Gasteiger partial charge in [-0.2, -0.15) is 0 Å². The Morgan fingerprint density at radius 2 is 1.70 bits per heavy atom. The Hall–Kier alpha value is -1.51. The summed E-state index contributed by atoms with van der Waals surface area (Å²) in [5.74, 6) is -0.212. The highest BCUT2D eigenvalue weighted by atomic mass is 32.2. The van der Waals surface area contributed by atoms with Crippen LogP contribution in [0.15, 0.2) is 29.2 Å². The fraction of sp³-hybridized carbons (Fsp3) is 0.333. The summed E-state index contributed by atoms with van der Waals surface area (Å²) < 4.78 is 22.2. The zero-order valence-corrected chi connectivity index (χ0v) is 13.1. The molecule has 0 bridgehead atoms. The Balaban J connectivity index is 2.71. The molecule has 110 valence electrons. The molecule has 1 aromatic rings. The number of carbonyl (C=O) groups excluding carboxylic acids is 1. The molecule has 0 fully saturated rings. The van der Waals surface area contributed by atoms with Crippen LogP contribution in [0, 0.1) is 5.41 Å². The molecule has 20 heavy (non-hydrogen) atoms. The maximum atomic E-state index is 11.7. The number of primary sulfonamides is 1. The van der Waals surface area contributed by atoms with Crippen LogP contribution in [0.3, 0.4) is 0 Å². The average molecular weight is 315 g/mol. The lowest BCUT2D eigenvalue weighted by atomic mass is 9.96. The molecule has 8 heteroatoms. The van der Waals surface area contributed by atoms with Crippen molar-refractivity contribution >= 4 is 38.9 Å². The second-order valence-corrected chi connectivity index (χ2v) is 7.20. The molecule has 0 aliphatic heterocycles. The van der Waals surface area contributed by atoms with Gasteiger partial charge in [-0.25, -0.2) is 13.6 Å². The van der Waals surface area contributed by atoms with Crippen LogP contribution in [0.1, 0.15) is 20.8 Å². The van der Waals surface area contributed by atoms with Crippen LogP contribution in [-0.4, -0.2) is 19.4 Å². The van der Waals surface area contributed by atoms with Crippen LogP contribution in [0.25, 0.3) is 0 Å². The zero-order chi connectivity index (χ0) is 15.6. The van der Waals surface area contributed by atoms with Gasteiger partial charge in [0, 0.05) is 11.1 Å². The number of nitrogens with one attached hydrogen (secondary N) is 2. The third-order valence-corrected chi connectivity index (χ3v) is 3.48. The topological polar surface area (TPSA) is 101 Å². The van der Waals surface area contributed by atoms with Crippen molar-refractivity contribution < 1.29 is 13.2 Å². The third-order valence-electron chi connectivity index (χ3n) is 2.35. The largest absolute Gasteiger partial charge is 0.332 e. The van der Waals surface area contributed by atoms with Gasteiger partial charge >= 0.3 is 0 Å². The van der Waals surface area contributed by atoms with Gasteiger partial charge in [0.2, 0.25) is 15.9 Å². The van der Waals surface area contributed by atoms with Crippen LogP contribution in [0.4, 0.5) is 5.69 Å². The van der Waals surface area contributed by atoms with Crippen LogP contribution in [-0.2, 0) is 14.8 Å². The van der Waals surface area contributed by atoms with Crippen molar-refractivity contribution in [1.82, 2.24) is 5.32 Å². The molecule has 1 amide bonds. The lowest BCUT2D eigenvalue weighted by Crippen LogP contribution is -2.41. The van der Waals surface area contributed by atoms with Gasteiger partial charge in [-0.3, -0.25) is 4.79 Å². The molecule has 0 atom stereocenters. The molecule has 0 aromatic heterocycles. The first-order valence-corrected chi connectivity index (χ1v) is 7.71. The smallest absolute Gasteiger partial charge is 0.238 e. The maximum absolute atomic E-state index is 11.7. The fourth-order valence-corrected chi connectivity index (χ4v) is 1.91. The summed E-state index contributed by atoms with van der Waals surface area (Å²) in [4.78, 5) is 11.7. The van der Waals surface area contributed by atoms with E-state index in [2.05, 4.69) is 10.6 Å². The van der Waals surface area contributed by atoms with Crippen LogP contribution in [0.2, 0.25) is 0 Å². The summed E-state index contributed by atoms with van der Waals surface area (Å²) in [5, 5.41) is 10.5. The average Bonchev–Trinajstić information content (AvgIpc) is 2.26. The van der Waals surface area contributed by atoms with Gasteiger partial charge in [-0.05, 0) is 36.5 Å². The summed E-state index contributed by atoms with van der Waals surface area (Å²) in [6.45, 7) is 5.31. The minimum absolute atomic E-state index is 0.00713. The van der Waals surface area contributed by atoms with E-state index >= 15 is 0 Å². The molecule has 0 saturated carbocycles. The van der Waals surface area contributed by atoms with Gasteiger partial charge < -0.3 is 10.6 Å². The van der Waals surface area contributed by atoms with Gasteiger partial charge in [-0.15, -0.1) is 0 Å². The first-order valence-electron chi connectivity index (χ1n) is 5.75. The Morgan fingerprint density at radius 1 is 1.20 bits per heavy atom. The van der Waals surface area contributed by atoms with E-state index in [0.29, 0.717) is 5.69 Å². The molecule has 0 heterocycles. The lowest BCUT2D eigenvalue weighted by molar-refractivity contribution is -0.126. The van der Waals surface area contributed by atoms with E-state index in [0.717, 1.165) is 0 Å². The van der Waals surface area contributed by atoms with Gasteiger partial charge in [0.25, 0.3) is 0 Å². The first-order chi connectivity index (χ1) is 9.00. The van der Waals surface area contributed by atoms with Gasteiger partial charge in [-0.1, -0.05) is 20.8 Å². The molecule has 0 spiro atoms. The monoisotopic (exact) mass is 315 g/mol. The number of carbonyl (C=O) groups is 1. The predicted molar refractivity (Wildman–Crippen MR) is 81.6 cm³/mol. The molecule has 0 unspecified atom stereocenters. The number of anilines is 1. The van der Waals surface area contributed by atoms with E-state index in [9.17, 15) is 13.2 Å². The van der Waals surface area contributed by atoms with Gasteiger partial charge in [0.15, 0.2) is 5.11 Å². The molecular weight excluding hydrogens is 298 g/mol. The fourth-order valence-electron chi connectivity index (χ4n) is 1.18. The normalized spacial score (nSPS) is 11.8. The quantitative estimate of drug-likeness (QED) is 0.712. The second kappa shape index (κ2) is 5.86. The van der Waals surface area contributed by atoms with E-state index in [-0.39, 0.29) is 15.9 Å². The van der Waals surface area contributed by atoms with Gasteiger partial charge in [0.05, 0.1) is 4.90 Å². The highest BCUT2D eigenvalue weighted by Crippen LogP contribution is 2.14. The van der Waals surface area contributed by atoms with Crippen molar-refractivity contribution in [1.29, 1.82) is 0 Å². The molecule has 0 saturated heterocycles. The third kappa shape index (κ3) is 4.87. The van der Waals surface area contributed by atoms with Crippen LogP contribution < -0.4 is 15.8 Å². The minimum Gasteiger partial charge on any atom is -0.332 e. The number of hydrogen-bond acceptors (Lipinski definition) is 4. The van der Waals surface area contributed by atoms with E-state index in [1.165, 1.54) is 24.3 Å². The molecule has 0 radical (unpaired) electrons. The summed E-state index contributed by atoms with van der Waals surface area (Å²) in [6.07, 6.45) is 0. The van der Waals surface area contributed by atoms with Crippen molar-refractivity contribution in [3.63, 3.8) is 0 Å². The van der Waals surface area contributed by atoms with Crippen molar-refractivity contribution in [2.75, 3.05) is 5.32 Å². The van der Waals surface area contributed by atoms with Crippen LogP contribution >= 0.6 is 12.2 Å². The molecular formula is C12H17N3O3S2. The predicted octanol–water partition coefficient (Wildman–Crippen LogP) is 1.19. The molecule has 6 nitrogen and oxygen atoms in total. The van der Waals surface area contributed by atoms with Crippen molar-refractivity contribution in [2.24, 2.45) is 10.6 Å². The summed E-state index contributed by atoms with van der Waals surface area (Å²) in [7, 11) is -3.72. The molecule has 1 rings (SSSR count). The number of sulfonamides is 1. The highest BCUT2D eigenvalue weighted by Gasteiger charge is 2.21. The Kier molecular flexibility index (Phi) is 4.85. The van der Waals surface area contributed by atoms with Crippen molar-refractivity contribution in [3.8, 4) is 0 Å². The maximum Gasteiger partial charge on any atom is 0.238 e. The second-order valence-electron chi connectivity index (χ2n) is 5.23. The molecule has 0 aliphatic carbocycles. The van der Waals surface area contributed by atoms with Crippen molar-refractivity contribution in [3.05, 3.63) is 24.3 Å². The Morgan fingerprint density at radius 3 is 2.10 bits per heavy atom. The van der Waals surface area contributed by atoms with Crippen molar-refractivity contribution in [2.45, 2.75) is 25.7 Å². The highest BCUT2D eigenvalue weighted by molar-refractivity contribution is 7.89. The minimum atomic E-state index is -3.72. The van der Waals surface area contributed by atoms with E-state index < -0.39 is 15.4 Å². The number of hydrogen-bond donors (Lipinski definition) is 3. The zero-order valence-electron chi connectivity index (χ0n) is 11.4. The number of nitrogens with two attached hydrogens (primary N) is 1. The summed E-state index contributed by atoms with van der Waals surface area (Å²) >= 11 is 5.00. The molecule has 0 aliphatic rings.